The predicted molar refractivity (Wildman–Crippen MR) is 57.2 cm³/mol. The summed E-state index contributed by atoms with van der Waals surface area (Å²) in [5.74, 6) is -0.0259. The zero-order valence-corrected chi connectivity index (χ0v) is 10.0. The van der Waals surface area contributed by atoms with Crippen LogP contribution in [0.4, 0.5) is 0 Å². The van der Waals surface area contributed by atoms with E-state index in [-0.39, 0.29) is 11.4 Å². The first-order valence-electron chi connectivity index (χ1n) is 4.75. The van der Waals surface area contributed by atoms with E-state index in [4.69, 9.17) is 4.74 Å². The zero-order chi connectivity index (χ0) is 11.4. The lowest BCUT2D eigenvalue weighted by molar-refractivity contribution is -0.128. The lowest BCUT2D eigenvalue weighted by Gasteiger charge is -2.31. The van der Waals surface area contributed by atoms with Gasteiger partial charge in [-0.25, -0.2) is 0 Å². The third kappa shape index (κ3) is 4.07. The van der Waals surface area contributed by atoms with E-state index >= 15 is 0 Å². The minimum absolute atomic E-state index is 0.0259. The summed E-state index contributed by atoms with van der Waals surface area (Å²) in [7, 11) is 3.39. The minimum Gasteiger partial charge on any atom is -0.382 e. The Balaban J connectivity index is 4.31. The third-order valence-corrected chi connectivity index (χ3v) is 2.15. The number of hydrogen-bond acceptors (Lipinski definition) is 3. The summed E-state index contributed by atoms with van der Waals surface area (Å²) >= 11 is 0. The monoisotopic (exact) mass is 202 g/mol. The van der Waals surface area contributed by atoms with E-state index in [1.807, 2.05) is 27.7 Å². The maximum Gasteiger partial charge on any atom is 0.240 e. The van der Waals surface area contributed by atoms with Gasteiger partial charge in [-0.3, -0.25) is 4.79 Å². The lowest BCUT2D eigenvalue weighted by atomic mass is 10.0. The molecule has 84 valence electrons. The summed E-state index contributed by atoms with van der Waals surface area (Å²) in [6.45, 7) is 8.04. The molecule has 0 saturated carbocycles. The Bertz CT molecular complexity index is 200. The van der Waals surface area contributed by atoms with Crippen molar-refractivity contribution in [1.82, 2.24) is 10.6 Å². The third-order valence-electron chi connectivity index (χ3n) is 2.15. The Labute approximate surface area is 86.4 Å². The molecule has 2 N–H and O–H groups in total. The fraction of sp³-hybridized carbons (Fsp3) is 0.900. The van der Waals surface area contributed by atoms with Crippen LogP contribution in [0.5, 0.6) is 0 Å². The molecule has 0 aliphatic carbocycles. The molecule has 0 rings (SSSR count). The van der Waals surface area contributed by atoms with Crippen molar-refractivity contribution in [3.05, 3.63) is 0 Å². The standard InChI is InChI=1S/C10H22N2O2/c1-9(2,7-14-6)12-8(13)10(3,4)11-5/h11H,7H2,1-6H3,(H,12,13). The average Bonchev–Trinajstić information content (AvgIpc) is 2.03. The number of methoxy groups -OCH3 is 1. The highest BCUT2D eigenvalue weighted by Crippen LogP contribution is 2.07. The van der Waals surface area contributed by atoms with Crippen molar-refractivity contribution in [3.63, 3.8) is 0 Å². The molecule has 0 spiro atoms. The molecule has 0 radical (unpaired) electrons. The number of nitrogens with one attached hydrogen (secondary N) is 2. The first kappa shape index (κ1) is 13.4. The SMILES string of the molecule is CNC(C)(C)C(=O)NC(C)(C)COC. The van der Waals surface area contributed by atoms with Crippen molar-refractivity contribution in [2.24, 2.45) is 0 Å². The summed E-state index contributed by atoms with van der Waals surface area (Å²) in [5, 5.41) is 5.87. The van der Waals surface area contributed by atoms with E-state index in [9.17, 15) is 4.79 Å². The van der Waals surface area contributed by atoms with Gasteiger partial charge >= 0.3 is 0 Å². The lowest BCUT2D eigenvalue weighted by Crippen LogP contribution is -2.58. The fourth-order valence-corrected chi connectivity index (χ4v) is 0.974. The van der Waals surface area contributed by atoms with E-state index in [1.165, 1.54) is 0 Å². The molecular formula is C10H22N2O2. The van der Waals surface area contributed by atoms with Crippen LogP contribution < -0.4 is 10.6 Å². The molecular weight excluding hydrogens is 180 g/mol. The van der Waals surface area contributed by atoms with Crippen molar-refractivity contribution in [3.8, 4) is 0 Å². The number of amides is 1. The molecule has 0 heterocycles. The first-order chi connectivity index (χ1) is 6.25. The molecule has 0 aromatic heterocycles. The topological polar surface area (TPSA) is 50.4 Å². The summed E-state index contributed by atoms with van der Waals surface area (Å²) in [6, 6.07) is 0. The zero-order valence-electron chi connectivity index (χ0n) is 10.0. The summed E-state index contributed by atoms with van der Waals surface area (Å²) in [4.78, 5) is 11.8. The Morgan fingerprint density at radius 3 is 2.14 bits per heavy atom. The van der Waals surface area contributed by atoms with E-state index < -0.39 is 5.54 Å². The second kappa shape index (κ2) is 4.75. The van der Waals surface area contributed by atoms with Gasteiger partial charge in [0.05, 0.1) is 17.7 Å². The van der Waals surface area contributed by atoms with Crippen LogP contribution in [0.15, 0.2) is 0 Å². The van der Waals surface area contributed by atoms with Gasteiger partial charge in [0.15, 0.2) is 0 Å². The number of hydrogen-bond donors (Lipinski definition) is 2. The number of ether oxygens (including phenoxy) is 1. The molecule has 0 saturated heterocycles. The molecule has 0 atom stereocenters. The van der Waals surface area contributed by atoms with Gasteiger partial charge in [-0.1, -0.05) is 0 Å². The highest BCUT2D eigenvalue weighted by Gasteiger charge is 2.30. The molecule has 0 fully saturated rings. The van der Waals surface area contributed by atoms with Gasteiger partial charge in [0.1, 0.15) is 0 Å². The maximum absolute atomic E-state index is 11.8. The maximum atomic E-state index is 11.8. The number of carbonyl (C=O) groups is 1. The largest absolute Gasteiger partial charge is 0.382 e. The summed E-state index contributed by atoms with van der Waals surface area (Å²) in [5.41, 5.74) is -0.884. The highest BCUT2D eigenvalue weighted by atomic mass is 16.5. The van der Waals surface area contributed by atoms with Crippen LogP contribution in [-0.4, -0.2) is 37.7 Å². The van der Waals surface area contributed by atoms with Gasteiger partial charge in [0.25, 0.3) is 0 Å². The molecule has 0 aromatic carbocycles. The van der Waals surface area contributed by atoms with E-state index in [0.717, 1.165) is 0 Å². The molecule has 0 aliphatic heterocycles. The van der Waals surface area contributed by atoms with Crippen LogP contribution in [-0.2, 0) is 9.53 Å². The molecule has 4 heteroatoms. The molecule has 14 heavy (non-hydrogen) atoms. The van der Waals surface area contributed by atoms with Crippen molar-refractivity contribution >= 4 is 5.91 Å². The van der Waals surface area contributed by atoms with Crippen LogP contribution in [0.25, 0.3) is 0 Å². The second-order valence-corrected chi connectivity index (χ2v) is 4.65. The van der Waals surface area contributed by atoms with Crippen molar-refractivity contribution in [2.75, 3.05) is 20.8 Å². The van der Waals surface area contributed by atoms with E-state index in [2.05, 4.69) is 10.6 Å². The van der Waals surface area contributed by atoms with Gasteiger partial charge in [-0.05, 0) is 34.7 Å². The Morgan fingerprint density at radius 1 is 1.29 bits per heavy atom. The summed E-state index contributed by atoms with van der Waals surface area (Å²) in [6.07, 6.45) is 0. The van der Waals surface area contributed by atoms with Crippen LogP contribution in [0, 0.1) is 0 Å². The highest BCUT2D eigenvalue weighted by molar-refractivity contribution is 5.85. The fourth-order valence-electron chi connectivity index (χ4n) is 0.974. The van der Waals surface area contributed by atoms with Gasteiger partial charge < -0.3 is 15.4 Å². The van der Waals surface area contributed by atoms with Crippen LogP contribution in [0.1, 0.15) is 27.7 Å². The van der Waals surface area contributed by atoms with Gasteiger partial charge in [-0.2, -0.15) is 0 Å². The molecule has 1 amide bonds. The normalized spacial score (nSPS) is 12.7. The Hall–Kier alpha value is -0.610. The number of likely N-dealkylation sites (N-methyl/N-ethyl adjacent to an activating group) is 1. The second-order valence-electron chi connectivity index (χ2n) is 4.65. The quantitative estimate of drug-likeness (QED) is 0.683. The summed E-state index contributed by atoms with van der Waals surface area (Å²) < 4.78 is 5.02. The molecule has 0 aliphatic rings. The first-order valence-corrected chi connectivity index (χ1v) is 4.75. The van der Waals surface area contributed by atoms with Crippen LogP contribution >= 0.6 is 0 Å². The number of rotatable bonds is 5. The van der Waals surface area contributed by atoms with Crippen LogP contribution in [0.2, 0.25) is 0 Å². The molecule has 0 unspecified atom stereocenters. The number of carbonyl (C=O) groups excluding carboxylic acids is 1. The Morgan fingerprint density at radius 2 is 1.79 bits per heavy atom. The predicted octanol–water partition coefficient (Wildman–Crippen LogP) is 0.526. The van der Waals surface area contributed by atoms with Gasteiger partial charge in [-0.15, -0.1) is 0 Å². The van der Waals surface area contributed by atoms with Crippen molar-refractivity contribution < 1.29 is 9.53 Å². The van der Waals surface area contributed by atoms with E-state index in [1.54, 1.807) is 14.2 Å². The van der Waals surface area contributed by atoms with Crippen molar-refractivity contribution in [1.29, 1.82) is 0 Å². The average molecular weight is 202 g/mol. The minimum atomic E-state index is -0.551. The van der Waals surface area contributed by atoms with Gasteiger partial charge in [0, 0.05) is 7.11 Å². The molecule has 0 bridgehead atoms. The smallest absolute Gasteiger partial charge is 0.240 e. The molecule has 0 aromatic rings. The van der Waals surface area contributed by atoms with Crippen LogP contribution in [0.3, 0.4) is 0 Å². The molecule has 4 nitrogen and oxygen atoms in total. The van der Waals surface area contributed by atoms with E-state index in [0.29, 0.717) is 6.61 Å². The van der Waals surface area contributed by atoms with Gasteiger partial charge in [0.2, 0.25) is 5.91 Å². The van der Waals surface area contributed by atoms with Crippen molar-refractivity contribution in [2.45, 2.75) is 38.8 Å². The Kier molecular flexibility index (Phi) is 4.55.